The fourth-order valence-electron chi connectivity index (χ4n) is 3.56. The molecular formula is C23H23FN4O5. The second-order valence-corrected chi connectivity index (χ2v) is 8.06. The van der Waals surface area contributed by atoms with Gasteiger partial charge in [-0.3, -0.25) is 14.7 Å². The minimum absolute atomic E-state index is 0.0540. The number of likely N-dealkylation sites (N-methyl/N-ethyl adjacent to an activating group) is 1. The number of anilines is 1. The number of amides is 2. The number of hydrogen-bond donors (Lipinski definition) is 3. The molecule has 2 amide bonds. The number of ether oxygens (including phenoxy) is 1. The van der Waals surface area contributed by atoms with Gasteiger partial charge in [0.05, 0.1) is 12.5 Å². The van der Waals surface area contributed by atoms with Crippen molar-refractivity contribution in [3.05, 3.63) is 35.5 Å². The number of benzene rings is 1. The number of nitrogens with zero attached hydrogens (tertiary/aromatic N) is 2. The van der Waals surface area contributed by atoms with Crippen LogP contribution >= 0.6 is 0 Å². The highest BCUT2D eigenvalue weighted by atomic mass is 19.1. The fourth-order valence-corrected chi connectivity index (χ4v) is 3.56. The SMILES string of the molecule is CCOC(=O)c1[nH]nc(-c2cccc(C#C[C@]3(O)CCN(C)C3=O)c2)c1NC(=O)[C@@H]1C[C@H]1F. The van der Waals surface area contributed by atoms with Crippen molar-refractivity contribution in [3.63, 3.8) is 0 Å². The first-order valence-electron chi connectivity index (χ1n) is 10.6. The minimum atomic E-state index is -1.74. The minimum Gasteiger partial charge on any atom is -0.461 e. The maximum Gasteiger partial charge on any atom is 0.358 e. The Morgan fingerprint density at radius 2 is 2.21 bits per heavy atom. The summed E-state index contributed by atoms with van der Waals surface area (Å²) in [6.07, 6.45) is -0.854. The van der Waals surface area contributed by atoms with Crippen LogP contribution in [0.3, 0.4) is 0 Å². The van der Waals surface area contributed by atoms with Crippen LogP contribution in [0.1, 0.15) is 35.8 Å². The standard InChI is InChI=1S/C23H23FN4O5/c1-3-33-21(30)19-18(25-20(29)15-12-16(15)24)17(26-27-19)14-6-4-5-13(11-14)7-8-23(32)9-10-28(2)22(23)31/h4-6,11,15-16,32H,3,9-10,12H2,1-2H3,(H,25,29)(H,26,27)/t15-,16-,23+/m1/s1. The molecular weight excluding hydrogens is 431 g/mol. The van der Waals surface area contributed by atoms with Crippen molar-refractivity contribution in [2.24, 2.45) is 5.92 Å². The van der Waals surface area contributed by atoms with Gasteiger partial charge in [0.15, 0.2) is 5.69 Å². The van der Waals surface area contributed by atoms with E-state index < -0.39 is 35.5 Å². The fraction of sp³-hybridized carbons (Fsp3) is 0.391. The van der Waals surface area contributed by atoms with Crippen LogP contribution < -0.4 is 5.32 Å². The van der Waals surface area contributed by atoms with Gasteiger partial charge in [0.2, 0.25) is 11.5 Å². The lowest BCUT2D eigenvalue weighted by Gasteiger charge is -2.13. The molecule has 0 radical (unpaired) electrons. The van der Waals surface area contributed by atoms with Crippen LogP contribution in [0.5, 0.6) is 0 Å². The quantitative estimate of drug-likeness (QED) is 0.465. The molecule has 1 aromatic carbocycles. The van der Waals surface area contributed by atoms with Crippen molar-refractivity contribution in [2.75, 3.05) is 25.5 Å². The average Bonchev–Trinajstić information content (AvgIpc) is 3.30. The van der Waals surface area contributed by atoms with E-state index in [1.807, 2.05) is 0 Å². The number of H-pyrrole nitrogens is 1. The molecule has 1 saturated carbocycles. The molecule has 2 heterocycles. The normalized spacial score (nSPS) is 23.6. The topological polar surface area (TPSA) is 125 Å². The number of aromatic amines is 1. The van der Waals surface area contributed by atoms with Gasteiger partial charge in [-0.1, -0.05) is 24.0 Å². The summed E-state index contributed by atoms with van der Waals surface area (Å²) in [5.41, 5.74) is -0.442. The highest BCUT2D eigenvalue weighted by Crippen LogP contribution is 2.37. The number of hydrogen-bond acceptors (Lipinski definition) is 6. The van der Waals surface area contributed by atoms with Gasteiger partial charge in [0.1, 0.15) is 17.6 Å². The predicted molar refractivity (Wildman–Crippen MR) is 116 cm³/mol. The van der Waals surface area contributed by atoms with E-state index in [1.54, 1.807) is 38.2 Å². The summed E-state index contributed by atoms with van der Waals surface area (Å²) in [5, 5.41) is 19.9. The van der Waals surface area contributed by atoms with E-state index in [2.05, 4.69) is 27.4 Å². The number of esters is 1. The zero-order valence-corrected chi connectivity index (χ0v) is 18.1. The van der Waals surface area contributed by atoms with Crippen LogP contribution in [0.25, 0.3) is 11.3 Å². The van der Waals surface area contributed by atoms with Gasteiger partial charge in [-0.25, -0.2) is 9.18 Å². The maximum atomic E-state index is 13.4. The summed E-state index contributed by atoms with van der Waals surface area (Å²) in [6, 6.07) is 6.73. The number of likely N-dealkylation sites (tertiary alicyclic amines) is 1. The lowest BCUT2D eigenvalue weighted by atomic mass is 10.0. The smallest absolute Gasteiger partial charge is 0.358 e. The van der Waals surface area contributed by atoms with Crippen LogP contribution in [0.2, 0.25) is 0 Å². The Kier molecular flexibility index (Phi) is 5.91. The molecule has 3 atom stereocenters. The molecule has 1 aromatic heterocycles. The first-order valence-corrected chi connectivity index (χ1v) is 10.6. The summed E-state index contributed by atoms with van der Waals surface area (Å²) in [6.45, 7) is 2.18. The molecule has 2 fully saturated rings. The van der Waals surface area contributed by atoms with Crippen molar-refractivity contribution in [3.8, 4) is 23.1 Å². The second-order valence-electron chi connectivity index (χ2n) is 8.06. The molecule has 2 aromatic rings. The molecule has 1 aliphatic heterocycles. The zero-order valence-electron chi connectivity index (χ0n) is 18.1. The lowest BCUT2D eigenvalue weighted by Crippen LogP contribution is -2.37. The molecule has 172 valence electrons. The molecule has 2 aliphatic rings. The maximum absolute atomic E-state index is 13.4. The molecule has 1 aliphatic carbocycles. The Balaban J connectivity index is 1.66. The molecule has 33 heavy (non-hydrogen) atoms. The van der Waals surface area contributed by atoms with Gasteiger partial charge in [-0.2, -0.15) is 5.10 Å². The van der Waals surface area contributed by atoms with Crippen LogP contribution in [0.4, 0.5) is 10.1 Å². The first kappa shape index (κ1) is 22.5. The van der Waals surface area contributed by atoms with Gasteiger partial charge in [-0.15, -0.1) is 0 Å². The first-order chi connectivity index (χ1) is 15.7. The highest BCUT2D eigenvalue weighted by Gasteiger charge is 2.44. The van der Waals surface area contributed by atoms with E-state index in [4.69, 9.17) is 4.74 Å². The summed E-state index contributed by atoms with van der Waals surface area (Å²) < 4.78 is 18.4. The van der Waals surface area contributed by atoms with E-state index >= 15 is 0 Å². The predicted octanol–water partition coefficient (Wildman–Crippen LogP) is 1.49. The number of halogens is 1. The van der Waals surface area contributed by atoms with Crippen molar-refractivity contribution in [1.82, 2.24) is 15.1 Å². The van der Waals surface area contributed by atoms with E-state index in [9.17, 15) is 23.9 Å². The van der Waals surface area contributed by atoms with Crippen molar-refractivity contribution in [1.29, 1.82) is 0 Å². The third-order valence-electron chi connectivity index (χ3n) is 5.60. The summed E-state index contributed by atoms with van der Waals surface area (Å²) >= 11 is 0. The van der Waals surface area contributed by atoms with Crippen molar-refractivity contribution in [2.45, 2.75) is 31.5 Å². The van der Waals surface area contributed by atoms with Crippen LogP contribution in [-0.2, 0) is 14.3 Å². The van der Waals surface area contributed by atoms with Gasteiger partial charge in [0.25, 0.3) is 5.91 Å². The Hall–Kier alpha value is -3.71. The molecule has 10 heteroatoms. The highest BCUT2D eigenvalue weighted by molar-refractivity contribution is 6.05. The monoisotopic (exact) mass is 454 g/mol. The van der Waals surface area contributed by atoms with Crippen molar-refractivity contribution < 1.29 is 28.6 Å². The van der Waals surface area contributed by atoms with Gasteiger partial charge in [0, 0.05) is 31.1 Å². The largest absolute Gasteiger partial charge is 0.461 e. The average molecular weight is 454 g/mol. The number of alkyl halides is 1. The molecule has 3 N–H and O–H groups in total. The van der Waals surface area contributed by atoms with Crippen LogP contribution in [0.15, 0.2) is 24.3 Å². The third-order valence-corrected chi connectivity index (χ3v) is 5.60. The number of carbonyl (C=O) groups is 3. The molecule has 9 nitrogen and oxygen atoms in total. The zero-order chi connectivity index (χ0) is 23.8. The number of aliphatic hydroxyl groups is 1. The second kappa shape index (κ2) is 8.67. The van der Waals surface area contributed by atoms with Crippen molar-refractivity contribution >= 4 is 23.5 Å². The van der Waals surface area contributed by atoms with Gasteiger partial charge in [-0.05, 0) is 25.5 Å². The molecule has 1 saturated heterocycles. The Morgan fingerprint density at radius 3 is 2.85 bits per heavy atom. The number of aromatic nitrogens is 2. The van der Waals surface area contributed by atoms with Crippen LogP contribution in [0, 0.1) is 17.8 Å². The Bertz CT molecular complexity index is 1180. The molecule has 0 spiro atoms. The lowest BCUT2D eigenvalue weighted by molar-refractivity contribution is -0.137. The Morgan fingerprint density at radius 1 is 1.45 bits per heavy atom. The van der Waals surface area contributed by atoms with Gasteiger partial charge < -0.3 is 20.1 Å². The van der Waals surface area contributed by atoms with E-state index in [-0.39, 0.29) is 36.5 Å². The Labute approximate surface area is 189 Å². The van der Waals surface area contributed by atoms with Crippen LogP contribution in [-0.4, -0.2) is 70.0 Å². The summed E-state index contributed by atoms with van der Waals surface area (Å²) in [5.74, 6) is 3.00. The summed E-state index contributed by atoms with van der Waals surface area (Å²) in [7, 11) is 1.60. The molecule has 0 bridgehead atoms. The molecule has 4 rings (SSSR count). The number of rotatable bonds is 5. The summed E-state index contributed by atoms with van der Waals surface area (Å²) in [4.78, 5) is 38.3. The third kappa shape index (κ3) is 4.45. The number of carbonyl (C=O) groups excluding carboxylic acids is 3. The number of nitrogens with one attached hydrogen (secondary N) is 2. The molecule has 0 unspecified atom stereocenters. The van der Waals surface area contributed by atoms with E-state index in [1.165, 1.54) is 4.90 Å². The van der Waals surface area contributed by atoms with Gasteiger partial charge >= 0.3 is 5.97 Å². The van der Waals surface area contributed by atoms with E-state index in [0.717, 1.165) is 0 Å². The van der Waals surface area contributed by atoms with E-state index in [0.29, 0.717) is 17.7 Å².